The molecule has 0 unspecified atom stereocenters. The first-order valence-electron chi connectivity index (χ1n) is 12.2. The fourth-order valence-electron chi connectivity index (χ4n) is 4.53. The molecule has 0 fully saturated rings. The molecule has 0 saturated carbocycles. The van der Waals surface area contributed by atoms with Gasteiger partial charge in [-0.3, -0.25) is 0 Å². The van der Waals surface area contributed by atoms with E-state index in [9.17, 15) is 4.79 Å². The van der Waals surface area contributed by atoms with Crippen LogP contribution in [0.4, 0.5) is 0 Å². The maximum Gasteiger partial charge on any atom is 0.360 e. The second-order valence-electron chi connectivity index (χ2n) is 8.67. The molecule has 0 aliphatic heterocycles. The summed E-state index contributed by atoms with van der Waals surface area (Å²) in [6.07, 6.45) is 4.71. The van der Waals surface area contributed by atoms with E-state index in [1.807, 2.05) is 18.2 Å². The Morgan fingerprint density at radius 1 is 0.667 bits per heavy atom. The van der Waals surface area contributed by atoms with E-state index < -0.39 is 13.2 Å². The van der Waals surface area contributed by atoms with Crippen LogP contribution in [0.1, 0.15) is 16.4 Å². The number of hydrogen-bond acceptors (Lipinski definition) is 8. The van der Waals surface area contributed by atoms with Gasteiger partial charge in [0.2, 0.25) is 17.7 Å². The third-order valence-corrected chi connectivity index (χ3v) is 10.6. The summed E-state index contributed by atoms with van der Waals surface area (Å²) in [5, 5.41) is 3.68. The first kappa shape index (κ1) is 24.5. The van der Waals surface area contributed by atoms with Crippen molar-refractivity contribution in [2.24, 2.45) is 0 Å². The Balaban J connectivity index is 1.38. The van der Waals surface area contributed by atoms with Crippen LogP contribution in [-0.4, -0.2) is 28.0 Å². The van der Waals surface area contributed by atoms with E-state index in [-0.39, 0.29) is 17.5 Å². The van der Waals surface area contributed by atoms with Gasteiger partial charge < -0.3 is 18.0 Å². The molecule has 192 valence electrons. The average molecular weight is 537 g/mol. The van der Waals surface area contributed by atoms with Crippen LogP contribution in [0.25, 0.3) is 23.2 Å². The molecule has 9 heteroatoms. The summed E-state index contributed by atoms with van der Waals surface area (Å²) in [5.41, 5.74) is 0.816. The minimum absolute atomic E-state index is 0.0452. The summed E-state index contributed by atoms with van der Waals surface area (Å²) in [5.74, 6) is 0.354. The molecule has 3 aromatic carbocycles. The number of carbonyl (C=O) groups is 1. The Morgan fingerprint density at radius 3 is 1.72 bits per heavy atom. The lowest BCUT2D eigenvalue weighted by atomic mass is 10.4. The number of carbonyl (C=O) groups excluding carboxylic acids is 1. The lowest BCUT2D eigenvalue weighted by Crippen LogP contribution is -2.32. The molecular weight excluding hydrogens is 513 g/mol. The van der Waals surface area contributed by atoms with Crippen molar-refractivity contribution in [1.82, 2.24) is 15.0 Å². The highest BCUT2D eigenvalue weighted by atomic mass is 31.2. The van der Waals surface area contributed by atoms with Gasteiger partial charge in [-0.25, -0.2) is 19.7 Å². The molecule has 0 aliphatic carbocycles. The Bertz CT molecular complexity index is 1600. The van der Waals surface area contributed by atoms with E-state index in [2.05, 4.69) is 87.5 Å². The van der Waals surface area contributed by atoms with Crippen LogP contribution in [0, 0.1) is 0 Å². The van der Waals surface area contributed by atoms with Crippen LogP contribution < -0.4 is 15.9 Å². The molecule has 0 spiro atoms. The molecule has 6 rings (SSSR count). The van der Waals surface area contributed by atoms with Crippen LogP contribution in [-0.2, 0) is 10.9 Å². The van der Waals surface area contributed by atoms with Gasteiger partial charge in [-0.05, 0) is 36.4 Å². The molecule has 39 heavy (non-hydrogen) atoms. The standard InChI is InChI=1S/C30H23N3O5P/c1-35-30(34)26-19-38-29(33-26)25-18-37-28(32-25)24-17-36-27(31-24)20-39(21-11-5-2-6-12-21,22-13-7-3-8-14-22)23-15-9-4-10-16-23/h2-19H,20H2,1H3/q+1. The molecule has 8 nitrogen and oxygen atoms in total. The summed E-state index contributed by atoms with van der Waals surface area (Å²) >= 11 is 0. The summed E-state index contributed by atoms with van der Waals surface area (Å²) in [7, 11) is -0.907. The van der Waals surface area contributed by atoms with Gasteiger partial charge in [0.15, 0.2) is 17.1 Å². The van der Waals surface area contributed by atoms with Gasteiger partial charge in [0.25, 0.3) is 0 Å². The fraction of sp³-hybridized carbons (Fsp3) is 0.0667. The molecule has 3 heterocycles. The summed E-state index contributed by atoms with van der Waals surface area (Å²) in [4.78, 5) is 25.0. The van der Waals surface area contributed by atoms with Crippen molar-refractivity contribution in [3.63, 3.8) is 0 Å². The fourth-order valence-corrected chi connectivity index (χ4v) is 8.57. The third kappa shape index (κ3) is 4.67. The van der Waals surface area contributed by atoms with Crippen molar-refractivity contribution < 1.29 is 22.8 Å². The number of esters is 1. The molecule has 0 aliphatic rings. The van der Waals surface area contributed by atoms with Crippen molar-refractivity contribution in [2.75, 3.05) is 7.11 Å². The van der Waals surface area contributed by atoms with Crippen molar-refractivity contribution >= 4 is 29.1 Å². The first-order valence-corrected chi connectivity index (χ1v) is 14.1. The molecule has 0 saturated heterocycles. The highest BCUT2D eigenvalue weighted by Gasteiger charge is 2.47. The quantitative estimate of drug-likeness (QED) is 0.192. The van der Waals surface area contributed by atoms with Crippen molar-refractivity contribution in [3.05, 3.63) is 121 Å². The lowest BCUT2D eigenvalue weighted by Gasteiger charge is -2.26. The second kappa shape index (κ2) is 10.5. The first-order chi connectivity index (χ1) is 19.2. The average Bonchev–Trinajstić information content (AvgIpc) is 3.78. The monoisotopic (exact) mass is 536 g/mol. The highest BCUT2D eigenvalue weighted by molar-refractivity contribution is 7.95. The number of ether oxygens (including phenoxy) is 1. The zero-order chi connectivity index (χ0) is 26.7. The van der Waals surface area contributed by atoms with Gasteiger partial charge in [-0.15, -0.1) is 0 Å². The number of oxazole rings is 3. The maximum absolute atomic E-state index is 11.7. The molecule has 0 amide bonds. The van der Waals surface area contributed by atoms with E-state index >= 15 is 0 Å². The Morgan fingerprint density at radius 2 is 1.15 bits per heavy atom. The van der Waals surface area contributed by atoms with E-state index in [0.29, 0.717) is 23.4 Å². The topological polar surface area (TPSA) is 104 Å². The number of hydrogen-bond donors (Lipinski definition) is 0. The molecular formula is C30H23N3O5P+. The minimum Gasteiger partial charge on any atom is -0.464 e. The molecule has 0 radical (unpaired) electrons. The number of rotatable bonds is 8. The normalized spacial score (nSPS) is 11.4. The second-order valence-corrected chi connectivity index (χ2v) is 12.2. The minimum atomic E-state index is -2.18. The molecule has 3 aromatic heterocycles. The Hall–Kier alpha value is -4.81. The predicted octanol–water partition coefficient (Wildman–Crippen LogP) is 5.27. The summed E-state index contributed by atoms with van der Waals surface area (Å²) in [6.45, 7) is 0. The highest BCUT2D eigenvalue weighted by Crippen LogP contribution is 2.58. The van der Waals surface area contributed by atoms with Gasteiger partial charge in [0.05, 0.1) is 7.11 Å². The van der Waals surface area contributed by atoms with Crippen LogP contribution in [0.2, 0.25) is 0 Å². The number of aromatic nitrogens is 3. The smallest absolute Gasteiger partial charge is 0.360 e. The van der Waals surface area contributed by atoms with Gasteiger partial charge in [-0.2, -0.15) is 0 Å². The SMILES string of the molecule is COC(=O)c1coc(-c2coc(-c3coc(C[P+](c4ccccc4)(c4ccccc4)c4ccccc4)n3)n2)n1. The predicted molar refractivity (Wildman–Crippen MR) is 148 cm³/mol. The molecule has 6 aromatic rings. The number of benzene rings is 3. The van der Waals surface area contributed by atoms with E-state index in [4.69, 9.17) is 18.2 Å². The molecule has 0 N–H and O–H groups in total. The van der Waals surface area contributed by atoms with Crippen LogP contribution >= 0.6 is 7.26 Å². The van der Waals surface area contributed by atoms with E-state index in [0.717, 1.165) is 0 Å². The number of nitrogens with zero attached hydrogens (tertiary/aromatic N) is 3. The molecule has 0 bridgehead atoms. The number of methoxy groups -OCH3 is 1. The van der Waals surface area contributed by atoms with Crippen LogP contribution in [0.5, 0.6) is 0 Å². The third-order valence-electron chi connectivity index (χ3n) is 6.36. The summed E-state index contributed by atoms with van der Waals surface area (Å²) in [6, 6.07) is 31.6. The van der Waals surface area contributed by atoms with Crippen LogP contribution in [0.15, 0.2) is 123 Å². The zero-order valence-corrected chi connectivity index (χ0v) is 21.8. The van der Waals surface area contributed by atoms with E-state index in [1.165, 1.54) is 41.8 Å². The van der Waals surface area contributed by atoms with Gasteiger partial charge in [0, 0.05) is 0 Å². The zero-order valence-electron chi connectivity index (χ0n) is 20.9. The largest absolute Gasteiger partial charge is 0.464 e. The van der Waals surface area contributed by atoms with Gasteiger partial charge in [-0.1, -0.05) is 54.6 Å². The van der Waals surface area contributed by atoms with Crippen molar-refractivity contribution in [2.45, 2.75) is 6.16 Å². The Labute approximate surface area is 224 Å². The van der Waals surface area contributed by atoms with Gasteiger partial charge >= 0.3 is 5.97 Å². The van der Waals surface area contributed by atoms with Gasteiger partial charge in [0.1, 0.15) is 48.1 Å². The molecule has 0 atom stereocenters. The Kier molecular flexibility index (Phi) is 6.61. The van der Waals surface area contributed by atoms with Crippen molar-refractivity contribution in [1.29, 1.82) is 0 Å². The summed E-state index contributed by atoms with van der Waals surface area (Å²) < 4.78 is 21.7. The van der Waals surface area contributed by atoms with Crippen LogP contribution in [0.3, 0.4) is 0 Å². The van der Waals surface area contributed by atoms with E-state index in [1.54, 1.807) is 0 Å². The van der Waals surface area contributed by atoms with Crippen molar-refractivity contribution in [3.8, 4) is 23.2 Å². The lowest BCUT2D eigenvalue weighted by molar-refractivity contribution is 0.0594. The maximum atomic E-state index is 11.7.